The van der Waals surface area contributed by atoms with E-state index in [1.54, 1.807) is 61.5 Å². The lowest BCUT2D eigenvalue weighted by molar-refractivity contribution is -0.139. The highest BCUT2D eigenvalue weighted by Crippen LogP contribution is 2.27. The standard InChI is InChI=1S/C29H33Cl2N3O4S/c1-20(2)17-32-29(36)22(4)33(18-23-13-14-24(30)16-27(23)31)28(35)19-34(25-10-8-9-21(3)15-25)39(37,38)26-11-6-5-7-12-26/h5-16,20,22H,17-19H2,1-4H3,(H,32,36). The summed E-state index contributed by atoms with van der Waals surface area (Å²) < 4.78 is 28.6. The number of carbonyl (C=O) groups is 2. The number of anilines is 1. The van der Waals surface area contributed by atoms with Crippen LogP contribution in [0.5, 0.6) is 0 Å². The van der Waals surface area contributed by atoms with Crippen molar-refractivity contribution in [3.05, 3.63) is 94.0 Å². The smallest absolute Gasteiger partial charge is 0.264 e. The minimum absolute atomic E-state index is 0.0157. The van der Waals surface area contributed by atoms with Gasteiger partial charge in [0.2, 0.25) is 11.8 Å². The van der Waals surface area contributed by atoms with E-state index < -0.39 is 28.5 Å². The van der Waals surface area contributed by atoms with Crippen LogP contribution in [-0.4, -0.2) is 44.3 Å². The van der Waals surface area contributed by atoms with E-state index in [0.717, 1.165) is 9.87 Å². The van der Waals surface area contributed by atoms with Crippen LogP contribution in [0.25, 0.3) is 0 Å². The van der Waals surface area contributed by atoms with E-state index in [4.69, 9.17) is 23.2 Å². The van der Waals surface area contributed by atoms with Gasteiger partial charge in [0.05, 0.1) is 10.6 Å². The maximum absolute atomic E-state index is 13.9. The van der Waals surface area contributed by atoms with Crippen molar-refractivity contribution in [2.45, 2.75) is 45.2 Å². The van der Waals surface area contributed by atoms with Crippen LogP contribution < -0.4 is 9.62 Å². The molecule has 2 amide bonds. The molecular weight excluding hydrogens is 557 g/mol. The monoisotopic (exact) mass is 589 g/mol. The first-order valence-corrected chi connectivity index (χ1v) is 14.7. The molecule has 10 heteroatoms. The molecule has 0 aliphatic rings. The number of amides is 2. The average Bonchev–Trinajstić information content (AvgIpc) is 2.89. The Bertz CT molecular complexity index is 1420. The van der Waals surface area contributed by atoms with Gasteiger partial charge < -0.3 is 10.2 Å². The first kappa shape index (κ1) is 30.5. The highest BCUT2D eigenvalue weighted by atomic mass is 35.5. The zero-order chi connectivity index (χ0) is 28.7. The number of halogens is 2. The summed E-state index contributed by atoms with van der Waals surface area (Å²) in [5.41, 5.74) is 1.75. The summed E-state index contributed by atoms with van der Waals surface area (Å²) in [4.78, 5) is 28.4. The molecule has 7 nitrogen and oxygen atoms in total. The summed E-state index contributed by atoms with van der Waals surface area (Å²) in [6.45, 7) is 7.29. The highest BCUT2D eigenvalue weighted by Gasteiger charge is 2.32. The van der Waals surface area contributed by atoms with E-state index in [1.807, 2.05) is 26.8 Å². The van der Waals surface area contributed by atoms with E-state index in [1.165, 1.54) is 17.0 Å². The molecule has 0 saturated carbocycles. The third kappa shape index (κ3) is 7.97. The minimum atomic E-state index is -4.11. The van der Waals surface area contributed by atoms with Crippen LogP contribution in [0.1, 0.15) is 31.9 Å². The molecule has 0 saturated heterocycles. The zero-order valence-electron chi connectivity index (χ0n) is 22.4. The molecule has 0 aliphatic carbocycles. The molecule has 0 bridgehead atoms. The Kier molecular flexibility index (Phi) is 10.4. The van der Waals surface area contributed by atoms with Gasteiger partial charge in [0.25, 0.3) is 10.0 Å². The molecule has 0 heterocycles. The Morgan fingerprint density at radius 1 is 0.923 bits per heavy atom. The summed E-state index contributed by atoms with van der Waals surface area (Å²) in [6, 6.07) is 18.8. The first-order chi connectivity index (χ1) is 18.4. The number of hydrogen-bond donors (Lipinski definition) is 1. The fourth-order valence-corrected chi connectivity index (χ4v) is 5.80. The summed E-state index contributed by atoms with van der Waals surface area (Å²) in [6.07, 6.45) is 0. The summed E-state index contributed by atoms with van der Waals surface area (Å²) in [5.74, 6) is -0.701. The molecule has 0 fully saturated rings. The zero-order valence-corrected chi connectivity index (χ0v) is 24.7. The van der Waals surface area contributed by atoms with Gasteiger partial charge in [0.1, 0.15) is 12.6 Å². The molecular formula is C29H33Cl2N3O4S. The second-order valence-corrected chi connectivity index (χ2v) is 12.4. The Morgan fingerprint density at radius 3 is 2.23 bits per heavy atom. The van der Waals surface area contributed by atoms with Gasteiger partial charge in [-0.25, -0.2) is 8.42 Å². The molecule has 208 valence electrons. The molecule has 1 unspecified atom stereocenters. The average molecular weight is 591 g/mol. The van der Waals surface area contributed by atoms with Gasteiger partial charge in [-0.1, -0.05) is 73.4 Å². The van der Waals surface area contributed by atoms with E-state index in [2.05, 4.69) is 5.32 Å². The number of rotatable bonds is 11. The lowest BCUT2D eigenvalue weighted by Gasteiger charge is -2.32. The number of benzene rings is 3. The van der Waals surface area contributed by atoms with Crippen LogP contribution in [0.15, 0.2) is 77.7 Å². The van der Waals surface area contributed by atoms with Crippen LogP contribution in [0.4, 0.5) is 5.69 Å². The maximum atomic E-state index is 13.9. The van der Waals surface area contributed by atoms with Crippen LogP contribution in [0.3, 0.4) is 0 Å². The molecule has 0 radical (unpaired) electrons. The van der Waals surface area contributed by atoms with E-state index in [-0.39, 0.29) is 23.3 Å². The molecule has 0 aromatic heterocycles. The minimum Gasteiger partial charge on any atom is -0.354 e. The number of nitrogens with zero attached hydrogens (tertiary/aromatic N) is 2. The number of sulfonamides is 1. The molecule has 3 aromatic rings. The number of hydrogen-bond acceptors (Lipinski definition) is 4. The van der Waals surface area contributed by atoms with Gasteiger partial charge in [-0.15, -0.1) is 0 Å². The van der Waals surface area contributed by atoms with Crippen molar-refractivity contribution in [1.29, 1.82) is 0 Å². The molecule has 39 heavy (non-hydrogen) atoms. The van der Waals surface area contributed by atoms with Crippen molar-refractivity contribution < 1.29 is 18.0 Å². The quantitative estimate of drug-likeness (QED) is 0.311. The lowest BCUT2D eigenvalue weighted by Crippen LogP contribution is -2.51. The Balaban J connectivity index is 2.02. The van der Waals surface area contributed by atoms with Crippen molar-refractivity contribution in [3.63, 3.8) is 0 Å². The molecule has 1 N–H and O–H groups in total. The van der Waals surface area contributed by atoms with Crippen molar-refractivity contribution in [2.24, 2.45) is 5.92 Å². The summed E-state index contributed by atoms with van der Waals surface area (Å²) in [7, 11) is -4.11. The Morgan fingerprint density at radius 2 is 1.62 bits per heavy atom. The molecule has 0 spiro atoms. The Labute approximate surface area is 240 Å². The summed E-state index contributed by atoms with van der Waals surface area (Å²) >= 11 is 12.5. The van der Waals surface area contributed by atoms with Gasteiger partial charge in [0.15, 0.2) is 0 Å². The topological polar surface area (TPSA) is 86.8 Å². The summed E-state index contributed by atoms with van der Waals surface area (Å²) in [5, 5.41) is 3.63. The van der Waals surface area contributed by atoms with Gasteiger partial charge in [-0.2, -0.15) is 0 Å². The van der Waals surface area contributed by atoms with Crippen LogP contribution in [0, 0.1) is 12.8 Å². The largest absolute Gasteiger partial charge is 0.354 e. The first-order valence-electron chi connectivity index (χ1n) is 12.6. The molecule has 3 rings (SSSR count). The van der Waals surface area contributed by atoms with E-state index >= 15 is 0 Å². The second-order valence-electron chi connectivity index (χ2n) is 9.74. The Hall–Kier alpha value is -3.07. The number of carbonyl (C=O) groups excluding carboxylic acids is 2. The van der Waals surface area contributed by atoms with Crippen molar-refractivity contribution in [2.75, 3.05) is 17.4 Å². The lowest BCUT2D eigenvalue weighted by atomic mass is 10.1. The van der Waals surface area contributed by atoms with Crippen molar-refractivity contribution in [3.8, 4) is 0 Å². The fraction of sp³-hybridized carbons (Fsp3) is 0.310. The van der Waals surface area contributed by atoms with Gasteiger partial charge in [0, 0.05) is 23.1 Å². The van der Waals surface area contributed by atoms with Crippen LogP contribution in [-0.2, 0) is 26.2 Å². The molecule has 3 aromatic carbocycles. The van der Waals surface area contributed by atoms with E-state index in [0.29, 0.717) is 27.8 Å². The fourth-order valence-electron chi connectivity index (χ4n) is 3.90. The molecule has 1 atom stereocenters. The SMILES string of the molecule is Cc1cccc(N(CC(=O)N(Cc2ccc(Cl)cc2Cl)C(C)C(=O)NCC(C)C)S(=O)(=O)c2ccccc2)c1. The predicted octanol–water partition coefficient (Wildman–Crippen LogP) is 5.69. The third-order valence-corrected chi connectivity index (χ3v) is 8.48. The normalized spacial score (nSPS) is 12.2. The number of nitrogens with one attached hydrogen (secondary N) is 1. The van der Waals surface area contributed by atoms with Crippen molar-refractivity contribution >= 4 is 50.7 Å². The number of aryl methyl sites for hydroxylation is 1. The van der Waals surface area contributed by atoms with Gasteiger partial charge in [-0.3, -0.25) is 13.9 Å². The van der Waals surface area contributed by atoms with Crippen LogP contribution >= 0.6 is 23.2 Å². The van der Waals surface area contributed by atoms with Gasteiger partial charge >= 0.3 is 0 Å². The van der Waals surface area contributed by atoms with Crippen molar-refractivity contribution in [1.82, 2.24) is 10.2 Å². The van der Waals surface area contributed by atoms with E-state index in [9.17, 15) is 18.0 Å². The highest BCUT2D eigenvalue weighted by molar-refractivity contribution is 7.92. The third-order valence-electron chi connectivity index (χ3n) is 6.11. The maximum Gasteiger partial charge on any atom is 0.264 e. The van der Waals surface area contributed by atoms with Crippen LogP contribution in [0.2, 0.25) is 10.0 Å². The van der Waals surface area contributed by atoms with Gasteiger partial charge in [-0.05, 0) is 67.3 Å². The molecule has 0 aliphatic heterocycles. The second kappa shape index (κ2) is 13.3. The predicted molar refractivity (Wildman–Crippen MR) is 156 cm³/mol.